The van der Waals surface area contributed by atoms with Gasteiger partial charge in [0.2, 0.25) is 0 Å². The molecular formula is C15H24N4O. The second-order valence-corrected chi connectivity index (χ2v) is 6.00. The molecule has 1 aromatic heterocycles. The van der Waals surface area contributed by atoms with Gasteiger partial charge in [0.15, 0.2) is 0 Å². The van der Waals surface area contributed by atoms with Crippen LogP contribution in [0, 0.1) is 18.8 Å². The van der Waals surface area contributed by atoms with Gasteiger partial charge in [-0.25, -0.2) is 10.8 Å². The molecule has 3 unspecified atom stereocenters. The highest BCUT2D eigenvalue weighted by atomic mass is 16.1. The molecule has 5 heteroatoms. The molecule has 1 aliphatic rings. The summed E-state index contributed by atoms with van der Waals surface area (Å²) in [6.45, 7) is 6.34. The fourth-order valence-corrected chi connectivity index (χ4v) is 3.01. The third-order valence-corrected chi connectivity index (χ3v) is 4.11. The number of nitrogens with zero attached hydrogens (tertiary/aromatic N) is 1. The first-order valence-corrected chi connectivity index (χ1v) is 7.25. The normalized spacial score (nSPS) is 26.1. The summed E-state index contributed by atoms with van der Waals surface area (Å²) in [7, 11) is 0. The zero-order chi connectivity index (χ0) is 14.7. The van der Waals surface area contributed by atoms with E-state index in [1.165, 1.54) is 12.8 Å². The smallest absolute Gasteiger partial charge is 0.251 e. The van der Waals surface area contributed by atoms with E-state index in [2.05, 4.69) is 29.6 Å². The number of hydrogen-bond donors (Lipinski definition) is 3. The molecule has 110 valence electrons. The topological polar surface area (TPSA) is 80.0 Å². The number of carbonyl (C=O) groups excluding carboxylic acids is 1. The molecule has 1 amide bonds. The number of hydrogen-bond acceptors (Lipinski definition) is 4. The van der Waals surface area contributed by atoms with Gasteiger partial charge in [0.05, 0.1) is 0 Å². The largest absolute Gasteiger partial charge is 0.349 e. The van der Waals surface area contributed by atoms with Crippen molar-refractivity contribution in [2.75, 3.05) is 5.43 Å². The van der Waals surface area contributed by atoms with Crippen LogP contribution in [-0.4, -0.2) is 16.9 Å². The summed E-state index contributed by atoms with van der Waals surface area (Å²) in [5, 5.41) is 3.15. The lowest BCUT2D eigenvalue weighted by Crippen LogP contribution is -2.42. The van der Waals surface area contributed by atoms with Gasteiger partial charge in [-0.15, -0.1) is 0 Å². The minimum Gasteiger partial charge on any atom is -0.349 e. The molecule has 20 heavy (non-hydrogen) atoms. The second-order valence-electron chi connectivity index (χ2n) is 6.00. The molecule has 0 saturated heterocycles. The Labute approximate surface area is 120 Å². The maximum Gasteiger partial charge on any atom is 0.251 e. The van der Waals surface area contributed by atoms with Crippen molar-refractivity contribution in [3.05, 3.63) is 23.4 Å². The number of anilines is 1. The van der Waals surface area contributed by atoms with E-state index >= 15 is 0 Å². The number of rotatable bonds is 3. The van der Waals surface area contributed by atoms with Crippen LogP contribution < -0.4 is 16.6 Å². The van der Waals surface area contributed by atoms with Crippen molar-refractivity contribution in [2.45, 2.75) is 46.1 Å². The van der Waals surface area contributed by atoms with Crippen LogP contribution in [0.5, 0.6) is 0 Å². The number of hydrazine groups is 1. The molecule has 0 bridgehead atoms. The van der Waals surface area contributed by atoms with Gasteiger partial charge in [0, 0.05) is 17.3 Å². The monoisotopic (exact) mass is 276 g/mol. The molecule has 0 aliphatic heterocycles. The molecule has 1 aliphatic carbocycles. The Morgan fingerprint density at radius 1 is 1.35 bits per heavy atom. The molecule has 0 spiro atoms. The molecule has 2 rings (SSSR count). The third kappa shape index (κ3) is 3.48. The van der Waals surface area contributed by atoms with Gasteiger partial charge in [-0.1, -0.05) is 13.8 Å². The number of nitrogens with one attached hydrogen (secondary N) is 2. The Bertz CT molecular complexity index is 489. The van der Waals surface area contributed by atoms with Crippen LogP contribution in [0.25, 0.3) is 0 Å². The van der Waals surface area contributed by atoms with E-state index in [1.54, 1.807) is 12.1 Å². The van der Waals surface area contributed by atoms with E-state index in [1.807, 2.05) is 6.92 Å². The highest BCUT2D eigenvalue weighted by molar-refractivity contribution is 5.95. The van der Waals surface area contributed by atoms with Crippen molar-refractivity contribution in [1.29, 1.82) is 0 Å². The van der Waals surface area contributed by atoms with E-state index in [9.17, 15) is 4.79 Å². The van der Waals surface area contributed by atoms with Gasteiger partial charge >= 0.3 is 0 Å². The number of nitrogen functional groups attached to an aromatic ring is 1. The highest BCUT2D eigenvalue weighted by Crippen LogP contribution is 2.28. The van der Waals surface area contributed by atoms with Crippen molar-refractivity contribution in [3.63, 3.8) is 0 Å². The number of carbonyl (C=O) groups is 1. The summed E-state index contributed by atoms with van der Waals surface area (Å²) in [4.78, 5) is 16.5. The maximum absolute atomic E-state index is 12.4. The average Bonchev–Trinajstić information content (AvgIpc) is 2.41. The molecule has 1 fully saturated rings. The minimum absolute atomic E-state index is 0.0431. The second kappa shape index (κ2) is 6.22. The predicted octanol–water partition coefficient (Wildman–Crippen LogP) is 2.23. The van der Waals surface area contributed by atoms with Gasteiger partial charge in [0.25, 0.3) is 5.91 Å². The van der Waals surface area contributed by atoms with Crippen LogP contribution in [0.1, 0.15) is 49.2 Å². The molecular weight excluding hydrogens is 252 g/mol. The van der Waals surface area contributed by atoms with Crippen LogP contribution in [0.2, 0.25) is 0 Å². The van der Waals surface area contributed by atoms with E-state index in [-0.39, 0.29) is 11.9 Å². The number of aryl methyl sites for hydroxylation is 1. The maximum atomic E-state index is 12.4. The zero-order valence-electron chi connectivity index (χ0n) is 12.4. The predicted molar refractivity (Wildman–Crippen MR) is 80.2 cm³/mol. The Kier molecular flexibility index (Phi) is 4.60. The van der Waals surface area contributed by atoms with Crippen LogP contribution >= 0.6 is 0 Å². The quantitative estimate of drug-likeness (QED) is 0.584. The average molecular weight is 276 g/mol. The first kappa shape index (κ1) is 14.8. The summed E-state index contributed by atoms with van der Waals surface area (Å²) < 4.78 is 0. The number of nitrogens with two attached hydrogens (primary N) is 1. The molecule has 0 radical (unpaired) electrons. The summed E-state index contributed by atoms with van der Waals surface area (Å²) in [6, 6.07) is 3.73. The lowest BCUT2D eigenvalue weighted by atomic mass is 9.80. The van der Waals surface area contributed by atoms with Gasteiger partial charge < -0.3 is 10.7 Å². The van der Waals surface area contributed by atoms with Gasteiger partial charge in [-0.3, -0.25) is 4.79 Å². The van der Waals surface area contributed by atoms with Crippen molar-refractivity contribution in [1.82, 2.24) is 10.3 Å². The van der Waals surface area contributed by atoms with Crippen LogP contribution in [0.15, 0.2) is 12.1 Å². The molecule has 5 nitrogen and oxygen atoms in total. The highest BCUT2D eigenvalue weighted by Gasteiger charge is 2.26. The van der Waals surface area contributed by atoms with Crippen molar-refractivity contribution in [2.24, 2.45) is 17.7 Å². The fourth-order valence-electron chi connectivity index (χ4n) is 3.01. The standard InChI is InChI=1S/C15H24N4O/c1-9-4-5-13(10(2)6-9)18-15(20)12-7-11(3)17-14(8-12)19-16/h7-10,13H,4-6,16H2,1-3H3,(H,17,19)(H,18,20). The summed E-state index contributed by atoms with van der Waals surface area (Å²) in [5.41, 5.74) is 3.87. The number of aromatic nitrogens is 1. The fraction of sp³-hybridized carbons (Fsp3) is 0.600. The van der Waals surface area contributed by atoms with Crippen molar-refractivity contribution < 1.29 is 4.79 Å². The number of amides is 1. The van der Waals surface area contributed by atoms with E-state index in [0.29, 0.717) is 17.3 Å². The molecule has 1 aromatic rings. The first-order chi connectivity index (χ1) is 9.49. The van der Waals surface area contributed by atoms with E-state index in [0.717, 1.165) is 18.0 Å². The van der Waals surface area contributed by atoms with Gasteiger partial charge in [-0.05, 0) is 50.2 Å². The molecule has 3 atom stereocenters. The third-order valence-electron chi connectivity index (χ3n) is 4.11. The first-order valence-electron chi connectivity index (χ1n) is 7.25. The zero-order valence-corrected chi connectivity index (χ0v) is 12.4. The lowest BCUT2D eigenvalue weighted by Gasteiger charge is -2.33. The van der Waals surface area contributed by atoms with Crippen molar-refractivity contribution >= 4 is 11.7 Å². The Hall–Kier alpha value is -1.62. The van der Waals surface area contributed by atoms with Crippen LogP contribution in [-0.2, 0) is 0 Å². The number of pyridine rings is 1. The molecule has 4 N–H and O–H groups in total. The molecule has 0 aromatic carbocycles. The Morgan fingerprint density at radius 2 is 2.10 bits per heavy atom. The minimum atomic E-state index is -0.0431. The molecule has 1 heterocycles. The van der Waals surface area contributed by atoms with E-state index in [4.69, 9.17) is 5.84 Å². The van der Waals surface area contributed by atoms with Gasteiger partial charge in [0.1, 0.15) is 5.82 Å². The Balaban J connectivity index is 2.06. The summed E-state index contributed by atoms with van der Waals surface area (Å²) >= 11 is 0. The van der Waals surface area contributed by atoms with E-state index < -0.39 is 0 Å². The SMILES string of the molecule is Cc1cc(C(=O)NC2CCC(C)CC2C)cc(NN)n1. The van der Waals surface area contributed by atoms with Crippen LogP contribution in [0.3, 0.4) is 0 Å². The van der Waals surface area contributed by atoms with Crippen LogP contribution in [0.4, 0.5) is 5.82 Å². The Morgan fingerprint density at radius 3 is 2.75 bits per heavy atom. The van der Waals surface area contributed by atoms with Gasteiger partial charge in [-0.2, -0.15) is 0 Å². The lowest BCUT2D eigenvalue weighted by molar-refractivity contribution is 0.0899. The summed E-state index contributed by atoms with van der Waals surface area (Å²) in [5.74, 6) is 7.12. The molecule has 1 saturated carbocycles. The summed E-state index contributed by atoms with van der Waals surface area (Å²) in [6.07, 6.45) is 3.41. The van der Waals surface area contributed by atoms with Crippen molar-refractivity contribution in [3.8, 4) is 0 Å².